The lowest BCUT2D eigenvalue weighted by Crippen LogP contribution is -2.06. The third-order valence-electron chi connectivity index (χ3n) is 3.39. The van der Waals surface area contributed by atoms with Gasteiger partial charge in [-0.3, -0.25) is 0 Å². The smallest absolute Gasteiger partial charge is 0.343 e. The van der Waals surface area contributed by atoms with E-state index in [1.807, 2.05) is 48.7 Å². The number of thioether (sulfide) groups is 1. The number of ether oxygens (including phenoxy) is 2. The van der Waals surface area contributed by atoms with Gasteiger partial charge in [0.1, 0.15) is 17.1 Å². The van der Waals surface area contributed by atoms with Crippen molar-refractivity contribution in [2.75, 3.05) is 20.0 Å². The third kappa shape index (κ3) is 4.32. The summed E-state index contributed by atoms with van der Waals surface area (Å²) in [6, 6.07) is 11.1. The molecular weight excluding hydrogens is 324 g/mol. The fraction of sp³-hybridized carbons (Fsp3) is 0.211. The van der Waals surface area contributed by atoms with Crippen molar-refractivity contribution in [2.45, 2.75) is 11.8 Å². The molecule has 2 aromatic rings. The van der Waals surface area contributed by atoms with Crippen LogP contribution in [0.15, 0.2) is 41.3 Å². The van der Waals surface area contributed by atoms with Crippen molar-refractivity contribution >= 4 is 29.9 Å². The highest BCUT2D eigenvalue weighted by Crippen LogP contribution is 2.31. The summed E-state index contributed by atoms with van der Waals surface area (Å²) in [6.07, 6.45) is 5.67. The van der Waals surface area contributed by atoms with Gasteiger partial charge in [-0.2, -0.15) is 0 Å². The molecule has 2 rings (SSSR count). The molecule has 0 atom stereocenters. The van der Waals surface area contributed by atoms with E-state index in [0.717, 1.165) is 16.9 Å². The highest BCUT2D eigenvalue weighted by molar-refractivity contribution is 7.98. The molecule has 1 N–H and O–H groups in total. The molecule has 0 aliphatic rings. The minimum Gasteiger partial charge on any atom is -0.507 e. The molecule has 0 aliphatic heterocycles. The SMILES string of the molecule is CCOC(=O)c1c(O)cc(/C=C/c2ccc(OC)cc2)cc1SC. The lowest BCUT2D eigenvalue weighted by molar-refractivity contribution is 0.0519. The topological polar surface area (TPSA) is 55.8 Å². The maximum Gasteiger partial charge on any atom is 0.343 e. The average molecular weight is 344 g/mol. The fourth-order valence-electron chi connectivity index (χ4n) is 2.19. The van der Waals surface area contributed by atoms with Gasteiger partial charge in [-0.05, 0) is 48.6 Å². The van der Waals surface area contributed by atoms with E-state index >= 15 is 0 Å². The Morgan fingerprint density at radius 3 is 2.42 bits per heavy atom. The number of hydrogen-bond donors (Lipinski definition) is 1. The number of carbonyl (C=O) groups is 1. The molecule has 0 radical (unpaired) electrons. The molecule has 5 heteroatoms. The predicted octanol–water partition coefficient (Wildman–Crippen LogP) is 4.47. The highest BCUT2D eigenvalue weighted by atomic mass is 32.2. The Kier molecular flexibility index (Phi) is 6.32. The van der Waals surface area contributed by atoms with Gasteiger partial charge in [-0.1, -0.05) is 24.3 Å². The summed E-state index contributed by atoms with van der Waals surface area (Å²) >= 11 is 1.39. The Hall–Kier alpha value is -2.40. The first-order valence-corrected chi connectivity index (χ1v) is 8.71. The van der Waals surface area contributed by atoms with Crippen LogP contribution in [0.2, 0.25) is 0 Å². The van der Waals surface area contributed by atoms with Gasteiger partial charge in [0.05, 0.1) is 13.7 Å². The standard InChI is InChI=1S/C19H20O4S/c1-4-23-19(21)18-16(20)11-14(12-17(18)24-3)6-5-13-7-9-15(22-2)10-8-13/h5-12,20H,4H2,1-3H3/b6-5+. The van der Waals surface area contributed by atoms with Crippen LogP contribution in [0.4, 0.5) is 0 Å². The van der Waals surface area contributed by atoms with Gasteiger partial charge in [0.25, 0.3) is 0 Å². The van der Waals surface area contributed by atoms with Crippen molar-refractivity contribution in [1.29, 1.82) is 0 Å². The van der Waals surface area contributed by atoms with Gasteiger partial charge in [-0.25, -0.2) is 4.79 Å². The van der Waals surface area contributed by atoms with E-state index in [-0.39, 0.29) is 17.9 Å². The van der Waals surface area contributed by atoms with Crippen LogP contribution in [0.1, 0.15) is 28.4 Å². The molecule has 0 unspecified atom stereocenters. The Labute approximate surface area is 146 Å². The largest absolute Gasteiger partial charge is 0.507 e. The lowest BCUT2D eigenvalue weighted by atomic mass is 10.1. The number of phenolic OH excluding ortho intramolecular Hbond substituents is 1. The minimum atomic E-state index is -0.509. The van der Waals surface area contributed by atoms with Crippen LogP contribution in [0, 0.1) is 0 Å². The molecule has 4 nitrogen and oxygen atoms in total. The molecule has 0 bridgehead atoms. The number of methoxy groups -OCH3 is 1. The van der Waals surface area contributed by atoms with Gasteiger partial charge in [-0.15, -0.1) is 11.8 Å². The first kappa shape index (κ1) is 17.9. The van der Waals surface area contributed by atoms with Crippen LogP contribution in [0.3, 0.4) is 0 Å². The predicted molar refractivity (Wildman–Crippen MR) is 97.8 cm³/mol. The van der Waals surface area contributed by atoms with Gasteiger partial charge in [0, 0.05) is 4.90 Å². The van der Waals surface area contributed by atoms with Crippen LogP contribution < -0.4 is 4.74 Å². The molecule has 0 heterocycles. The zero-order valence-electron chi connectivity index (χ0n) is 13.9. The van der Waals surface area contributed by atoms with E-state index in [0.29, 0.717) is 4.90 Å². The third-order valence-corrected chi connectivity index (χ3v) is 4.15. The van der Waals surface area contributed by atoms with E-state index in [1.165, 1.54) is 11.8 Å². The van der Waals surface area contributed by atoms with Crippen LogP contribution >= 0.6 is 11.8 Å². The number of carbonyl (C=O) groups excluding carboxylic acids is 1. The van der Waals surface area contributed by atoms with Crippen LogP contribution in [-0.4, -0.2) is 31.0 Å². The second-order valence-corrected chi connectivity index (χ2v) is 5.79. The Morgan fingerprint density at radius 2 is 1.83 bits per heavy atom. The summed E-state index contributed by atoms with van der Waals surface area (Å²) < 4.78 is 10.1. The number of rotatable bonds is 6. The number of esters is 1. The van der Waals surface area contributed by atoms with Crippen LogP contribution in [0.25, 0.3) is 12.2 Å². The summed E-state index contributed by atoms with van der Waals surface area (Å²) in [7, 11) is 1.63. The molecule has 0 saturated heterocycles. The highest BCUT2D eigenvalue weighted by Gasteiger charge is 2.18. The van der Waals surface area contributed by atoms with E-state index in [4.69, 9.17) is 9.47 Å². The quantitative estimate of drug-likeness (QED) is 0.476. The van der Waals surface area contributed by atoms with Crippen molar-refractivity contribution < 1.29 is 19.4 Å². The van der Waals surface area contributed by atoms with Crippen LogP contribution in [0.5, 0.6) is 11.5 Å². The van der Waals surface area contributed by atoms with E-state index < -0.39 is 5.97 Å². The van der Waals surface area contributed by atoms with Gasteiger partial charge >= 0.3 is 5.97 Å². The Balaban J connectivity index is 2.29. The molecule has 24 heavy (non-hydrogen) atoms. The zero-order chi connectivity index (χ0) is 17.5. The first-order valence-electron chi connectivity index (χ1n) is 7.49. The molecule has 126 valence electrons. The maximum atomic E-state index is 12.0. The second kappa shape index (κ2) is 8.45. The number of hydrogen-bond acceptors (Lipinski definition) is 5. The zero-order valence-corrected chi connectivity index (χ0v) is 14.7. The van der Waals surface area contributed by atoms with E-state index in [9.17, 15) is 9.90 Å². The van der Waals surface area contributed by atoms with E-state index in [1.54, 1.807) is 20.1 Å². The number of aromatic hydroxyl groups is 1. The molecule has 0 spiro atoms. The summed E-state index contributed by atoms with van der Waals surface area (Å²) in [4.78, 5) is 12.7. The first-order chi connectivity index (χ1) is 11.6. The van der Waals surface area contributed by atoms with Gasteiger partial charge in [0.2, 0.25) is 0 Å². The van der Waals surface area contributed by atoms with Crippen molar-refractivity contribution in [3.8, 4) is 11.5 Å². The summed E-state index contributed by atoms with van der Waals surface area (Å²) in [6.45, 7) is 2.00. The molecule has 0 amide bonds. The average Bonchev–Trinajstić information content (AvgIpc) is 2.59. The monoisotopic (exact) mass is 344 g/mol. The van der Waals surface area contributed by atoms with Crippen LogP contribution in [-0.2, 0) is 4.74 Å². The molecule has 0 saturated carbocycles. The Bertz CT molecular complexity index is 736. The molecule has 2 aromatic carbocycles. The minimum absolute atomic E-state index is 0.0744. The summed E-state index contributed by atoms with van der Waals surface area (Å²) in [5, 5.41) is 10.2. The molecular formula is C19H20O4S. The number of benzene rings is 2. The second-order valence-electron chi connectivity index (χ2n) is 4.94. The van der Waals surface area contributed by atoms with E-state index in [2.05, 4.69) is 0 Å². The van der Waals surface area contributed by atoms with Crippen molar-refractivity contribution in [3.63, 3.8) is 0 Å². The fourth-order valence-corrected chi connectivity index (χ4v) is 2.84. The molecule has 0 fully saturated rings. The number of phenols is 1. The Morgan fingerprint density at radius 1 is 1.17 bits per heavy atom. The lowest BCUT2D eigenvalue weighted by Gasteiger charge is -2.10. The van der Waals surface area contributed by atoms with Gasteiger partial charge < -0.3 is 14.6 Å². The summed E-state index contributed by atoms with van der Waals surface area (Å²) in [5.41, 5.74) is 2.03. The normalized spacial score (nSPS) is 10.8. The maximum absolute atomic E-state index is 12.0. The summed E-state index contributed by atoms with van der Waals surface area (Å²) in [5.74, 6) is 0.216. The van der Waals surface area contributed by atoms with Gasteiger partial charge in [0.15, 0.2) is 0 Å². The van der Waals surface area contributed by atoms with Crippen molar-refractivity contribution in [1.82, 2.24) is 0 Å². The van der Waals surface area contributed by atoms with Crippen molar-refractivity contribution in [3.05, 3.63) is 53.1 Å². The van der Waals surface area contributed by atoms with Crippen molar-refractivity contribution in [2.24, 2.45) is 0 Å². The molecule has 0 aliphatic carbocycles. The molecule has 0 aromatic heterocycles.